The topological polar surface area (TPSA) is 66.8 Å². The normalized spacial score (nSPS) is 12.6. The fraction of sp³-hybridized carbons (Fsp3) is 0.860. The van der Waals surface area contributed by atoms with E-state index in [2.05, 4.69) is 26.0 Å². The third-order valence-electron chi connectivity index (χ3n) is 9.38. The van der Waals surface area contributed by atoms with Crippen molar-refractivity contribution in [1.82, 2.24) is 0 Å². The SMILES string of the molecule is CCCCCCCCCC/C=C\CCCCCCCC(=O)O[C](C=CCCCCCCCCCCCCCCCCCC)C(O)CO. The summed E-state index contributed by atoms with van der Waals surface area (Å²) in [4.78, 5) is 12.3. The Bertz CT molecular complexity index is 673. The molecule has 1 atom stereocenters. The minimum atomic E-state index is -1.15. The smallest absolute Gasteiger partial charge is 0.306 e. The van der Waals surface area contributed by atoms with Crippen molar-refractivity contribution in [2.75, 3.05) is 6.61 Å². The third kappa shape index (κ3) is 36.0. The highest BCUT2D eigenvalue weighted by molar-refractivity contribution is 5.70. The van der Waals surface area contributed by atoms with Gasteiger partial charge in [-0.2, -0.15) is 0 Å². The Morgan fingerprint density at radius 2 is 0.809 bits per heavy atom. The van der Waals surface area contributed by atoms with Gasteiger partial charge in [0.1, 0.15) is 6.10 Å². The van der Waals surface area contributed by atoms with Crippen molar-refractivity contribution < 1.29 is 19.7 Å². The fourth-order valence-corrected chi connectivity index (χ4v) is 6.19. The summed E-state index contributed by atoms with van der Waals surface area (Å²) in [6.45, 7) is 4.11. The number of rotatable bonds is 38. The Morgan fingerprint density at radius 3 is 1.17 bits per heavy atom. The molecule has 0 bridgehead atoms. The standard InChI is InChI=1S/C43H81O4/c1-3-5-7-9-11-13-15-17-19-21-23-24-26-28-30-32-34-36-38-42(41(45)40-44)47-43(46)39-37-35-33-31-29-27-25-22-20-18-16-14-12-10-8-6-4-2/h22,25,36,38,41,44-45H,3-21,23-24,26-35,37,39-40H2,1-2H3/b25-22-,38-36?. The molecule has 0 heterocycles. The van der Waals surface area contributed by atoms with Crippen LogP contribution in [0.4, 0.5) is 0 Å². The van der Waals surface area contributed by atoms with Gasteiger partial charge in [0.15, 0.2) is 0 Å². The molecular weight excluding hydrogens is 580 g/mol. The van der Waals surface area contributed by atoms with Crippen molar-refractivity contribution >= 4 is 5.97 Å². The summed E-state index contributed by atoms with van der Waals surface area (Å²) in [6.07, 6.45) is 49.1. The van der Waals surface area contributed by atoms with Crippen LogP contribution < -0.4 is 0 Å². The number of esters is 1. The minimum Gasteiger partial charge on any atom is -0.447 e. The van der Waals surface area contributed by atoms with E-state index in [9.17, 15) is 15.0 Å². The molecule has 0 aliphatic heterocycles. The van der Waals surface area contributed by atoms with Crippen LogP contribution in [0.3, 0.4) is 0 Å². The van der Waals surface area contributed by atoms with Crippen LogP contribution in [0.1, 0.15) is 226 Å². The lowest BCUT2D eigenvalue weighted by Crippen LogP contribution is -2.25. The average molecular weight is 662 g/mol. The van der Waals surface area contributed by atoms with E-state index in [-0.39, 0.29) is 12.1 Å². The Labute approximate surface area is 294 Å². The van der Waals surface area contributed by atoms with Gasteiger partial charge in [-0.15, -0.1) is 0 Å². The van der Waals surface area contributed by atoms with Gasteiger partial charge in [-0.05, 0) is 51.0 Å². The zero-order chi connectivity index (χ0) is 34.3. The molecule has 0 aliphatic carbocycles. The highest BCUT2D eigenvalue weighted by Gasteiger charge is 2.21. The first-order valence-corrected chi connectivity index (χ1v) is 20.8. The van der Waals surface area contributed by atoms with Crippen LogP contribution in [-0.4, -0.2) is 28.9 Å². The maximum Gasteiger partial charge on any atom is 0.306 e. The van der Waals surface area contributed by atoms with Crippen LogP contribution >= 0.6 is 0 Å². The molecule has 0 aromatic heterocycles. The second-order valence-electron chi connectivity index (χ2n) is 14.1. The third-order valence-corrected chi connectivity index (χ3v) is 9.38. The predicted molar refractivity (Wildman–Crippen MR) is 204 cm³/mol. The van der Waals surface area contributed by atoms with Crippen molar-refractivity contribution in [2.45, 2.75) is 232 Å². The van der Waals surface area contributed by atoms with Gasteiger partial charge in [0.2, 0.25) is 6.10 Å². The summed E-state index contributed by atoms with van der Waals surface area (Å²) in [6, 6.07) is 0. The highest BCUT2D eigenvalue weighted by Crippen LogP contribution is 2.17. The number of hydrogen-bond acceptors (Lipinski definition) is 4. The lowest BCUT2D eigenvalue weighted by molar-refractivity contribution is -0.144. The lowest BCUT2D eigenvalue weighted by atomic mass is 10.0. The summed E-state index contributed by atoms with van der Waals surface area (Å²) >= 11 is 0. The average Bonchev–Trinajstić information content (AvgIpc) is 3.08. The first kappa shape index (κ1) is 45.9. The van der Waals surface area contributed by atoms with E-state index in [0.717, 1.165) is 38.5 Å². The Hall–Kier alpha value is -1.13. The molecule has 0 saturated carbocycles. The van der Waals surface area contributed by atoms with Crippen LogP contribution in [0.25, 0.3) is 0 Å². The molecule has 47 heavy (non-hydrogen) atoms. The van der Waals surface area contributed by atoms with Gasteiger partial charge < -0.3 is 14.9 Å². The monoisotopic (exact) mass is 662 g/mol. The maximum atomic E-state index is 12.3. The molecule has 277 valence electrons. The second-order valence-corrected chi connectivity index (χ2v) is 14.1. The van der Waals surface area contributed by atoms with Crippen molar-refractivity contribution in [2.24, 2.45) is 0 Å². The first-order chi connectivity index (χ1) is 23.2. The molecule has 0 spiro atoms. The highest BCUT2D eigenvalue weighted by atomic mass is 16.6. The zero-order valence-corrected chi connectivity index (χ0v) is 31.6. The zero-order valence-electron chi connectivity index (χ0n) is 31.6. The van der Waals surface area contributed by atoms with Gasteiger partial charge in [0, 0.05) is 6.42 Å². The molecule has 0 aromatic rings. The number of carbonyl (C=O) groups is 1. The molecule has 0 saturated heterocycles. The summed E-state index contributed by atoms with van der Waals surface area (Å²) in [5, 5.41) is 19.5. The number of unbranched alkanes of at least 4 members (excludes halogenated alkanes) is 29. The predicted octanol–water partition coefficient (Wildman–Crippen LogP) is 13.4. The number of aliphatic hydroxyl groups excluding tert-OH is 2. The number of hydrogen-bond donors (Lipinski definition) is 2. The Kier molecular flexibility index (Phi) is 38.4. The fourth-order valence-electron chi connectivity index (χ4n) is 6.19. The second kappa shape index (κ2) is 39.3. The quantitative estimate of drug-likeness (QED) is 0.0392. The van der Waals surface area contributed by atoms with Gasteiger partial charge in [-0.1, -0.05) is 193 Å². The molecular formula is C43H81O4. The van der Waals surface area contributed by atoms with E-state index in [1.807, 2.05) is 6.08 Å². The maximum absolute atomic E-state index is 12.3. The van der Waals surface area contributed by atoms with Crippen LogP contribution in [0.5, 0.6) is 0 Å². The van der Waals surface area contributed by atoms with E-state index >= 15 is 0 Å². The van der Waals surface area contributed by atoms with Gasteiger partial charge in [0.05, 0.1) is 6.61 Å². The van der Waals surface area contributed by atoms with Crippen molar-refractivity contribution in [3.8, 4) is 0 Å². The number of carbonyl (C=O) groups excluding carboxylic acids is 1. The van der Waals surface area contributed by atoms with Gasteiger partial charge in [0.25, 0.3) is 0 Å². The van der Waals surface area contributed by atoms with Crippen molar-refractivity contribution in [3.05, 3.63) is 30.4 Å². The van der Waals surface area contributed by atoms with Crippen LogP contribution in [-0.2, 0) is 9.53 Å². The summed E-state index contributed by atoms with van der Waals surface area (Å²) in [7, 11) is 0. The number of ether oxygens (including phenoxy) is 1. The summed E-state index contributed by atoms with van der Waals surface area (Å²) < 4.78 is 5.44. The minimum absolute atomic E-state index is 0.174. The van der Waals surface area contributed by atoms with E-state index in [0.29, 0.717) is 6.42 Å². The molecule has 0 amide bonds. The summed E-state index contributed by atoms with van der Waals surface area (Å²) in [5.74, 6) is -0.316. The van der Waals surface area contributed by atoms with E-state index in [4.69, 9.17) is 4.74 Å². The number of aliphatic hydroxyl groups is 2. The Morgan fingerprint density at radius 1 is 0.489 bits per heavy atom. The first-order valence-electron chi connectivity index (χ1n) is 20.8. The molecule has 0 aliphatic rings. The Balaban J connectivity index is 3.69. The van der Waals surface area contributed by atoms with Crippen LogP contribution in [0.2, 0.25) is 0 Å². The molecule has 2 N–H and O–H groups in total. The van der Waals surface area contributed by atoms with E-state index in [1.54, 1.807) is 6.08 Å². The molecule has 4 heteroatoms. The lowest BCUT2D eigenvalue weighted by Gasteiger charge is -2.17. The molecule has 1 radical (unpaired) electrons. The van der Waals surface area contributed by atoms with Crippen molar-refractivity contribution in [1.29, 1.82) is 0 Å². The molecule has 4 nitrogen and oxygen atoms in total. The van der Waals surface area contributed by atoms with Crippen LogP contribution in [0.15, 0.2) is 24.3 Å². The largest absolute Gasteiger partial charge is 0.447 e. The molecule has 0 fully saturated rings. The van der Waals surface area contributed by atoms with Crippen molar-refractivity contribution in [3.63, 3.8) is 0 Å². The molecule has 0 aromatic carbocycles. The summed E-state index contributed by atoms with van der Waals surface area (Å²) in [5.41, 5.74) is 0. The molecule has 0 rings (SSSR count). The number of allylic oxidation sites excluding steroid dienone is 3. The van der Waals surface area contributed by atoms with E-state index < -0.39 is 12.7 Å². The molecule has 1 unspecified atom stereocenters. The van der Waals surface area contributed by atoms with Gasteiger partial charge in [-0.3, -0.25) is 4.79 Å². The van der Waals surface area contributed by atoms with Crippen LogP contribution in [0, 0.1) is 6.10 Å². The van der Waals surface area contributed by atoms with Gasteiger partial charge >= 0.3 is 5.97 Å². The van der Waals surface area contributed by atoms with Gasteiger partial charge in [-0.25, -0.2) is 0 Å². The van der Waals surface area contributed by atoms with E-state index in [1.165, 1.54) is 167 Å².